The number of nitrogens with zero attached hydrogens (tertiary/aromatic N) is 2. The monoisotopic (exact) mass is 273 g/mol. The molecule has 1 heterocycles. The summed E-state index contributed by atoms with van der Waals surface area (Å²) >= 11 is 0. The third-order valence-corrected chi connectivity index (χ3v) is 2.94. The predicted molar refractivity (Wildman–Crippen MR) is 73.7 cm³/mol. The van der Waals surface area contributed by atoms with E-state index in [9.17, 15) is 9.59 Å². The van der Waals surface area contributed by atoms with Crippen LogP contribution >= 0.6 is 0 Å². The van der Waals surface area contributed by atoms with Crippen LogP contribution in [0.5, 0.6) is 0 Å². The highest BCUT2D eigenvalue weighted by Gasteiger charge is 2.20. The van der Waals surface area contributed by atoms with Crippen molar-refractivity contribution in [2.75, 3.05) is 5.32 Å². The van der Waals surface area contributed by atoms with E-state index < -0.39 is 12.0 Å². The van der Waals surface area contributed by atoms with Crippen molar-refractivity contribution in [1.29, 1.82) is 0 Å². The fraction of sp³-hybridized carbons (Fsp3) is 0.214. The van der Waals surface area contributed by atoms with Crippen molar-refractivity contribution in [2.24, 2.45) is 0 Å². The van der Waals surface area contributed by atoms with Crippen LogP contribution in [-0.2, 0) is 4.79 Å². The number of aliphatic carboxylic acids is 1. The molecule has 6 heteroatoms. The minimum absolute atomic E-state index is 0.209. The normalized spacial score (nSPS) is 11.9. The molecule has 1 aromatic carbocycles. The lowest BCUT2D eigenvalue weighted by molar-refractivity contribution is -0.140. The molecule has 104 valence electrons. The molecule has 1 amide bonds. The third-order valence-electron chi connectivity index (χ3n) is 2.94. The summed E-state index contributed by atoms with van der Waals surface area (Å²) in [7, 11) is 0. The maximum Gasteiger partial charge on any atom is 0.328 e. The Morgan fingerprint density at radius 2 is 1.90 bits per heavy atom. The number of carboxylic acid groups (broad SMARTS) is 1. The first-order chi connectivity index (χ1) is 9.49. The van der Waals surface area contributed by atoms with E-state index in [-0.39, 0.29) is 11.6 Å². The first-order valence-corrected chi connectivity index (χ1v) is 6.13. The summed E-state index contributed by atoms with van der Waals surface area (Å²) in [5, 5.41) is 15.6. The van der Waals surface area contributed by atoms with E-state index in [2.05, 4.69) is 10.4 Å². The molecule has 0 aliphatic carbocycles. The van der Waals surface area contributed by atoms with Crippen LogP contribution in [0, 0.1) is 6.92 Å². The van der Waals surface area contributed by atoms with Crippen molar-refractivity contribution >= 4 is 17.6 Å². The van der Waals surface area contributed by atoms with Crippen molar-refractivity contribution in [3.05, 3.63) is 47.8 Å². The molecular formula is C14H15N3O3. The van der Waals surface area contributed by atoms with Crippen LogP contribution in [0.15, 0.2) is 36.5 Å². The largest absolute Gasteiger partial charge is 0.480 e. The summed E-state index contributed by atoms with van der Waals surface area (Å²) in [5.41, 5.74) is 1.95. The van der Waals surface area contributed by atoms with E-state index in [0.717, 1.165) is 5.56 Å². The van der Waals surface area contributed by atoms with Gasteiger partial charge < -0.3 is 10.4 Å². The number of carbonyl (C=O) groups is 2. The fourth-order valence-corrected chi connectivity index (χ4v) is 1.74. The lowest BCUT2D eigenvalue weighted by Crippen LogP contribution is -2.24. The molecule has 0 spiro atoms. The summed E-state index contributed by atoms with van der Waals surface area (Å²) in [6.07, 6.45) is 1.41. The number of anilines is 1. The molecule has 0 aliphatic heterocycles. The second-order valence-electron chi connectivity index (χ2n) is 4.50. The summed E-state index contributed by atoms with van der Waals surface area (Å²) in [5.74, 6) is -1.43. The molecule has 2 rings (SSSR count). The van der Waals surface area contributed by atoms with Crippen molar-refractivity contribution in [2.45, 2.75) is 19.9 Å². The Morgan fingerprint density at radius 3 is 2.50 bits per heavy atom. The number of nitrogens with one attached hydrogen (secondary N) is 1. The number of rotatable bonds is 4. The molecule has 20 heavy (non-hydrogen) atoms. The van der Waals surface area contributed by atoms with Gasteiger partial charge in [-0.25, -0.2) is 9.48 Å². The van der Waals surface area contributed by atoms with Gasteiger partial charge in [0.2, 0.25) is 0 Å². The number of aryl methyl sites for hydroxylation is 1. The topological polar surface area (TPSA) is 84.2 Å². The van der Waals surface area contributed by atoms with Gasteiger partial charge in [0.1, 0.15) is 11.7 Å². The Labute approximate surface area is 116 Å². The highest BCUT2D eigenvalue weighted by Crippen LogP contribution is 2.13. The van der Waals surface area contributed by atoms with E-state index in [1.807, 2.05) is 19.1 Å². The van der Waals surface area contributed by atoms with Crippen LogP contribution in [0.1, 0.15) is 29.0 Å². The molecule has 2 N–H and O–H groups in total. The standard InChI is InChI=1S/C14H15N3O3/c1-9-3-5-11(6-4-9)16-13(18)12-7-8-15-17(12)10(2)14(19)20/h3-8,10H,1-2H3,(H,16,18)(H,19,20). The summed E-state index contributed by atoms with van der Waals surface area (Å²) in [6.45, 7) is 3.42. The van der Waals surface area contributed by atoms with Crippen LogP contribution in [0.25, 0.3) is 0 Å². The lowest BCUT2D eigenvalue weighted by Gasteiger charge is -2.11. The number of benzene rings is 1. The molecule has 0 fully saturated rings. The zero-order valence-electron chi connectivity index (χ0n) is 11.2. The number of hydrogen-bond acceptors (Lipinski definition) is 3. The molecule has 0 saturated carbocycles. The number of amides is 1. The predicted octanol–water partition coefficient (Wildman–Crippen LogP) is 2.09. The van der Waals surface area contributed by atoms with Gasteiger partial charge in [-0.3, -0.25) is 4.79 Å². The third kappa shape index (κ3) is 2.85. The Kier molecular flexibility index (Phi) is 3.84. The molecule has 1 unspecified atom stereocenters. The Bertz CT molecular complexity index is 631. The molecule has 2 aromatic rings. The van der Waals surface area contributed by atoms with Gasteiger partial charge >= 0.3 is 5.97 Å². The molecular weight excluding hydrogens is 258 g/mol. The number of carboxylic acids is 1. The molecule has 1 aromatic heterocycles. The van der Waals surface area contributed by atoms with Crippen LogP contribution in [0.4, 0.5) is 5.69 Å². The van der Waals surface area contributed by atoms with E-state index in [1.165, 1.54) is 23.9 Å². The van der Waals surface area contributed by atoms with Crippen molar-refractivity contribution in [1.82, 2.24) is 9.78 Å². The SMILES string of the molecule is Cc1ccc(NC(=O)c2ccnn2C(C)C(=O)O)cc1. The molecule has 0 radical (unpaired) electrons. The number of carbonyl (C=O) groups excluding carboxylic acids is 1. The van der Waals surface area contributed by atoms with Gasteiger partial charge in [0.25, 0.3) is 5.91 Å². The summed E-state index contributed by atoms with van der Waals surface area (Å²) < 4.78 is 1.19. The zero-order valence-corrected chi connectivity index (χ0v) is 11.2. The van der Waals surface area contributed by atoms with E-state index >= 15 is 0 Å². The average Bonchev–Trinajstić information content (AvgIpc) is 2.89. The summed E-state index contributed by atoms with van der Waals surface area (Å²) in [6, 6.07) is 7.93. The first-order valence-electron chi connectivity index (χ1n) is 6.13. The molecule has 0 bridgehead atoms. The second-order valence-corrected chi connectivity index (χ2v) is 4.50. The van der Waals surface area contributed by atoms with Gasteiger partial charge in [0, 0.05) is 11.9 Å². The van der Waals surface area contributed by atoms with Crippen LogP contribution in [0.2, 0.25) is 0 Å². The highest BCUT2D eigenvalue weighted by atomic mass is 16.4. The first kappa shape index (κ1) is 13.8. The number of hydrogen-bond donors (Lipinski definition) is 2. The quantitative estimate of drug-likeness (QED) is 0.893. The highest BCUT2D eigenvalue weighted by molar-refractivity contribution is 6.03. The van der Waals surface area contributed by atoms with Gasteiger partial charge in [0.05, 0.1) is 0 Å². The number of aromatic nitrogens is 2. The minimum Gasteiger partial charge on any atom is -0.480 e. The molecule has 0 saturated heterocycles. The van der Waals surface area contributed by atoms with Crippen molar-refractivity contribution in [3.63, 3.8) is 0 Å². The Hall–Kier alpha value is -2.63. The molecule has 1 atom stereocenters. The van der Waals surface area contributed by atoms with Gasteiger partial charge in [-0.05, 0) is 32.0 Å². The Morgan fingerprint density at radius 1 is 1.25 bits per heavy atom. The van der Waals surface area contributed by atoms with Gasteiger partial charge in [-0.15, -0.1) is 0 Å². The second kappa shape index (κ2) is 5.56. The maximum atomic E-state index is 12.1. The van der Waals surface area contributed by atoms with E-state index in [1.54, 1.807) is 12.1 Å². The Balaban J connectivity index is 2.20. The molecule has 0 aliphatic rings. The van der Waals surface area contributed by atoms with E-state index in [0.29, 0.717) is 5.69 Å². The maximum absolute atomic E-state index is 12.1. The minimum atomic E-state index is -1.04. The fourth-order valence-electron chi connectivity index (χ4n) is 1.74. The lowest BCUT2D eigenvalue weighted by atomic mass is 10.2. The van der Waals surface area contributed by atoms with Crippen molar-refractivity contribution < 1.29 is 14.7 Å². The molecule has 6 nitrogen and oxygen atoms in total. The zero-order chi connectivity index (χ0) is 14.7. The van der Waals surface area contributed by atoms with Gasteiger partial charge in [0.15, 0.2) is 0 Å². The summed E-state index contributed by atoms with van der Waals surface area (Å²) in [4.78, 5) is 23.1. The van der Waals surface area contributed by atoms with Crippen LogP contribution < -0.4 is 5.32 Å². The van der Waals surface area contributed by atoms with E-state index in [4.69, 9.17) is 5.11 Å². The average molecular weight is 273 g/mol. The van der Waals surface area contributed by atoms with Crippen LogP contribution in [0.3, 0.4) is 0 Å². The van der Waals surface area contributed by atoms with Crippen LogP contribution in [-0.4, -0.2) is 26.8 Å². The van der Waals surface area contributed by atoms with Crippen molar-refractivity contribution in [3.8, 4) is 0 Å². The van der Waals surface area contributed by atoms with Gasteiger partial charge in [-0.1, -0.05) is 17.7 Å². The van der Waals surface area contributed by atoms with Gasteiger partial charge in [-0.2, -0.15) is 5.10 Å². The smallest absolute Gasteiger partial charge is 0.328 e.